The zero-order valence-electron chi connectivity index (χ0n) is 20.5. The van der Waals surface area contributed by atoms with E-state index in [1.165, 1.54) is 48.5 Å². The predicted octanol–water partition coefficient (Wildman–Crippen LogP) is 1.80. The number of phenols is 3. The minimum atomic E-state index is -1.91. The average Bonchev–Trinajstić information content (AvgIpc) is 2.92. The lowest BCUT2D eigenvalue weighted by atomic mass is 9.93. The van der Waals surface area contributed by atoms with Crippen LogP contribution >= 0.6 is 0 Å². The normalized spacial score (nSPS) is 24.2. The van der Waals surface area contributed by atoms with Crippen LogP contribution in [-0.2, 0) is 9.53 Å². The summed E-state index contributed by atoms with van der Waals surface area (Å²) in [6.45, 7) is 0. The highest BCUT2D eigenvalue weighted by Crippen LogP contribution is 2.29. The standard InChI is InChI=1S/C29H28O10/c30-19-8-3-16(4-9-19)1-2-18-13-21(32)15-22(14-18)38-29-27(37)25(35)26(36)28(39-29)24(34)23(33)12-7-17-5-10-20(31)11-6-17/h1-15,24-32,34-37H/t24?,25-,26-,27+,28+,29+/m0/s1. The molecule has 0 bridgehead atoms. The van der Waals surface area contributed by atoms with E-state index in [0.717, 1.165) is 11.6 Å². The topological polar surface area (TPSA) is 177 Å². The zero-order valence-corrected chi connectivity index (χ0v) is 20.5. The minimum Gasteiger partial charge on any atom is -0.508 e. The highest BCUT2D eigenvalue weighted by Gasteiger charge is 2.48. The Balaban J connectivity index is 1.48. The summed E-state index contributed by atoms with van der Waals surface area (Å²) in [4.78, 5) is 12.6. The van der Waals surface area contributed by atoms with Crippen molar-refractivity contribution in [2.45, 2.75) is 36.8 Å². The fourth-order valence-electron chi connectivity index (χ4n) is 3.94. The highest BCUT2D eigenvalue weighted by molar-refractivity contribution is 5.97. The van der Waals surface area contributed by atoms with Crippen LogP contribution in [0.1, 0.15) is 16.7 Å². The Kier molecular flexibility index (Phi) is 8.65. The van der Waals surface area contributed by atoms with Crippen LogP contribution in [0.4, 0.5) is 0 Å². The Morgan fingerprint density at radius 1 is 0.718 bits per heavy atom. The van der Waals surface area contributed by atoms with E-state index >= 15 is 0 Å². The molecule has 1 aliphatic rings. The molecule has 204 valence electrons. The van der Waals surface area contributed by atoms with Gasteiger partial charge < -0.3 is 45.2 Å². The van der Waals surface area contributed by atoms with Crippen LogP contribution in [0.3, 0.4) is 0 Å². The monoisotopic (exact) mass is 536 g/mol. The molecule has 0 radical (unpaired) electrons. The van der Waals surface area contributed by atoms with Gasteiger partial charge in [0.2, 0.25) is 6.29 Å². The number of aromatic hydroxyl groups is 3. The molecular weight excluding hydrogens is 508 g/mol. The van der Waals surface area contributed by atoms with Crippen molar-refractivity contribution in [2.24, 2.45) is 0 Å². The quantitative estimate of drug-likeness (QED) is 0.166. The molecule has 1 saturated heterocycles. The minimum absolute atomic E-state index is 0.0415. The molecule has 1 unspecified atom stereocenters. The third-order valence-electron chi connectivity index (χ3n) is 6.07. The number of ether oxygens (including phenoxy) is 2. The third-order valence-corrected chi connectivity index (χ3v) is 6.07. The number of hydrogen-bond donors (Lipinski definition) is 7. The second kappa shape index (κ2) is 12.1. The van der Waals surface area contributed by atoms with Crippen LogP contribution in [0, 0.1) is 0 Å². The number of ketones is 1. The molecule has 0 spiro atoms. The molecule has 0 saturated carbocycles. The highest BCUT2D eigenvalue weighted by atomic mass is 16.7. The van der Waals surface area contributed by atoms with E-state index in [9.17, 15) is 40.5 Å². The fraction of sp³-hybridized carbons (Fsp3) is 0.207. The van der Waals surface area contributed by atoms with Crippen LogP contribution in [0.5, 0.6) is 23.0 Å². The Bertz CT molecular complexity index is 1330. The summed E-state index contributed by atoms with van der Waals surface area (Å²) in [6.07, 6.45) is -4.68. The predicted molar refractivity (Wildman–Crippen MR) is 141 cm³/mol. The van der Waals surface area contributed by atoms with Gasteiger partial charge in [0.15, 0.2) is 5.78 Å². The summed E-state index contributed by atoms with van der Waals surface area (Å²) < 4.78 is 11.2. The van der Waals surface area contributed by atoms with Crippen molar-refractivity contribution < 1.29 is 50.0 Å². The second-order valence-electron chi connectivity index (χ2n) is 9.02. The van der Waals surface area contributed by atoms with Gasteiger partial charge in [-0.05, 0) is 59.2 Å². The largest absolute Gasteiger partial charge is 0.508 e. The molecule has 0 aromatic heterocycles. The maximum atomic E-state index is 12.6. The molecule has 0 amide bonds. The van der Waals surface area contributed by atoms with Gasteiger partial charge >= 0.3 is 0 Å². The number of aliphatic hydroxyl groups is 4. The van der Waals surface area contributed by atoms with Crippen molar-refractivity contribution in [3.8, 4) is 23.0 Å². The van der Waals surface area contributed by atoms with Gasteiger partial charge in [0.1, 0.15) is 53.5 Å². The molecule has 1 aliphatic heterocycles. The molecule has 39 heavy (non-hydrogen) atoms. The average molecular weight is 537 g/mol. The molecule has 7 N–H and O–H groups in total. The number of aliphatic hydroxyl groups excluding tert-OH is 4. The number of carbonyl (C=O) groups is 1. The number of rotatable bonds is 8. The molecule has 3 aromatic carbocycles. The van der Waals surface area contributed by atoms with E-state index in [0.29, 0.717) is 11.1 Å². The lowest BCUT2D eigenvalue weighted by Crippen LogP contribution is -2.62. The number of phenolic OH excluding ortho intramolecular Hbond substituents is 3. The lowest BCUT2D eigenvalue weighted by Gasteiger charge is -2.41. The summed E-state index contributed by atoms with van der Waals surface area (Å²) in [5, 5.41) is 70.7. The van der Waals surface area contributed by atoms with E-state index in [-0.39, 0.29) is 23.0 Å². The van der Waals surface area contributed by atoms with Gasteiger partial charge in [-0.3, -0.25) is 4.79 Å². The second-order valence-corrected chi connectivity index (χ2v) is 9.02. The van der Waals surface area contributed by atoms with Crippen molar-refractivity contribution in [2.75, 3.05) is 0 Å². The summed E-state index contributed by atoms with van der Waals surface area (Å²) >= 11 is 0. The van der Waals surface area contributed by atoms with Crippen LogP contribution in [0.2, 0.25) is 0 Å². The Morgan fingerprint density at radius 3 is 1.90 bits per heavy atom. The number of hydrogen-bond acceptors (Lipinski definition) is 10. The van der Waals surface area contributed by atoms with Crippen molar-refractivity contribution in [1.82, 2.24) is 0 Å². The first kappa shape index (κ1) is 27.8. The molecule has 4 rings (SSSR count). The van der Waals surface area contributed by atoms with Crippen molar-refractivity contribution in [1.29, 1.82) is 0 Å². The third kappa shape index (κ3) is 7.02. The molecule has 10 nitrogen and oxygen atoms in total. The van der Waals surface area contributed by atoms with Gasteiger partial charge in [-0.1, -0.05) is 42.5 Å². The van der Waals surface area contributed by atoms with E-state index < -0.39 is 42.6 Å². The molecular formula is C29H28O10. The van der Waals surface area contributed by atoms with Crippen LogP contribution in [-0.4, -0.2) is 78.3 Å². The maximum Gasteiger partial charge on any atom is 0.229 e. The van der Waals surface area contributed by atoms with E-state index in [2.05, 4.69) is 0 Å². The number of carbonyl (C=O) groups excluding carboxylic acids is 1. The summed E-state index contributed by atoms with van der Waals surface area (Å²) in [5.74, 6) is -0.803. The molecule has 6 atom stereocenters. The van der Waals surface area contributed by atoms with E-state index in [1.54, 1.807) is 36.4 Å². The Morgan fingerprint density at radius 2 is 1.28 bits per heavy atom. The summed E-state index contributed by atoms with van der Waals surface area (Å²) in [7, 11) is 0. The van der Waals surface area contributed by atoms with E-state index in [4.69, 9.17) is 9.47 Å². The van der Waals surface area contributed by atoms with Gasteiger partial charge in [0.25, 0.3) is 0 Å². The Hall–Kier alpha value is -4.19. The maximum absolute atomic E-state index is 12.6. The molecule has 1 fully saturated rings. The van der Waals surface area contributed by atoms with Crippen LogP contribution in [0.25, 0.3) is 18.2 Å². The van der Waals surface area contributed by atoms with Gasteiger partial charge in [-0.2, -0.15) is 0 Å². The van der Waals surface area contributed by atoms with Crippen LogP contribution < -0.4 is 4.74 Å². The van der Waals surface area contributed by atoms with Crippen molar-refractivity contribution in [3.63, 3.8) is 0 Å². The van der Waals surface area contributed by atoms with Gasteiger partial charge in [0, 0.05) is 6.07 Å². The summed E-state index contributed by atoms with van der Waals surface area (Å²) in [6, 6.07) is 16.6. The fourth-order valence-corrected chi connectivity index (χ4v) is 3.94. The molecule has 1 heterocycles. The molecule has 0 aliphatic carbocycles. The lowest BCUT2D eigenvalue weighted by molar-refractivity contribution is -0.285. The van der Waals surface area contributed by atoms with Gasteiger partial charge in [0.05, 0.1) is 0 Å². The first-order valence-electron chi connectivity index (χ1n) is 12.0. The van der Waals surface area contributed by atoms with Crippen molar-refractivity contribution >= 4 is 24.0 Å². The van der Waals surface area contributed by atoms with Gasteiger partial charge in [-0.25, -0.2) is 0 Å². The smallest absolute Gasteiger partial charge is 0.229 e. The van der Waals surface area contributed by atoms with Crippen molar-refractivity contribution in [3.05, 3.63) is 89.5 Å². The first-order chi connectivity index (χ1) is 18.6. The zero-order chi connectivity index (χ0) is 28.1. The Labute approximate surface area is 223 Å². The molecule has 10 heteroatoms. The van der Waals surface area contributed by atoms with Crippen LogP contribution in [0.15, 0.2) is 72.8 Å². The SMILES string of the molecule is O=C(C=Cc1ccc(O)cc1)C(O)[C@H]1O[C@@H](Oc2cc(O)cc(C=Cc3ccc(O)cc3)c2)[C@H](O)[C@@H](O)[C@@H]1O. The number of benzene rings is 3. The van der Waals surface area contributed by atoms with E-state index in [1.807, 2.05) is 0 Å². The summed E-state index contributed by atoms with van der Waals surface area (Å²) in [5.41, 5.74) is 1.85. The molecule has 3 aromatic rings. The van der Waals surface area contributed by atoms with Gasteiger partial charge in [-0.15, -0.1) is 0 Å². The first-order valence-corrected chi connectivity index (χ1v) is 12.0.